The molecule has 0 amide bonds. The topological polar surface area (TPSA) is 75.1 Å². The molecule has 0 saturated carbocycles. The maximum atomic E-state index is 11.2. The summed E-state index contributed by atoms with van der Waals surface area (Å²) in [5.41, 5.74) is 3.55. The van der Waals surface area contributed by atoms with Crippen molar-refractivity contribution in [3.05, 3.63) is 70.9 Å². The third-order valence-electron chi connectivity index (χ3n) is 3.84. The van der Waals surface area contributed by atoms with Gasteiger partial charge in [-0.2, -0.15) is 0 Å². The van der Waals surface area contributed by atoms with Crippen LogP contribution in [0.15, 0.2) is 66.0 Å². The summed E-state index contributed by atoms with van der Waals surface area (Å²) < 4.78 is 0. The van der Waals surface area contributed by atoms with Crippen LogP contribution in [0.3, 0.4) is 0 Å². The van der Waals surface area contributed by atoms with Crippen LogP contribution in [-0.4, -0.2) is 21.0 Å². The second kappa shape index (κ2) is 7.69. The minimum absolute atomic E-state index is 0.0588. The van der Waals surface area contributed by atoms with Crippen molar-refractivity contribution in [1.82, 2.24) is 9.97 Å². The van der Waals surface area contributed by atoms with E-state index in [0.29, 0.717) is 10.8 Å². The third-order valence-corrected chi connectivity index (χ3v) is 5.57. The van der Waals surface area contributed by atoms with Crippen molar-refractivity contribution in [2.75, 3.05) is 5.32 Å². The highest BCUT2D eigenvalue weighted by molar-refractivity contribution is 7.17. The maximum absolute atomic E-state index is 11.2. The molecule has 7 heteroatoms. The van der Waals surface area contributed by atoms with Crippen LogP contribution in [0, 0.1) is 0 Å². The first-order valence-corrected chi connectivity index (χ1v) is 9.93. The summed E-state index contributed by atoms with van der Waals surface area (Å²) in [4.78, 5) is 21.2. The molecule has 0 aliphatic heterocycles. The summed E-state index contributed by atoms with van der Waals surface area (Å²) in [5.74, 6) is -0.872. The van der Waals surface area contributed by atoms with Gasteiger partial charge in [0.25, 0.3) is 0 Å². The number of carboxylic acid groups (broad SMARTS) is 1. The molecule has 0 radical (unpaired) electrons. The van der Waals surface area contributed by atoms with E-state index in [2.05, 4.69) is 15.3 Å². The number of anilines is 2. The highest BCUT2D eigenvalue weighted by Crippen LogP contribution is 2.34. The van der Waals surface area contributed by atoms with E-state index in [0.717, 1.165) is 26.8 Å². The van der Waals surface area contributed by atoms with Crippen LogP contribution in [0.1, 0.15) is 4.88 Å². The van der Waals surface area contributed by atoms with E-state index >= 15 is 0 Å². The van der Waals surface area contributed by atoms with Crippen molar-refractivity contribution >= 4 is 38.9 Å². The summed E-state index contributed by atoms with van der Waals surface area (Å²) in [5, 5.41) is 15.8. The van der Waals surface area contributed by atoms with Crippen LogP contribution >= 0.6 is 22.7 Å². The zero-order valence-electron chi connectivity index (χ0n) is 14.1. The summed E-state index contributed by atoms with van der Waals surface area (Å²) >= 11 is 2.84. The maximum Gasteiger partial charge on any atom is 0.308 e. The number of aromatic nitrogens is 2. The van der Waals surface area contributed by atoms with Gasteiger partial charge >= 0.3 is 5.97 Å². The third kappa shape index (κ3) is 4.05. The van der Waals surface area contributed by atoms with Gasteiger partial charge in [-0.25, -0.2) is 9.97 Å². The summed E-state index contributed by atoms with van der Waals surface area (Å²) in [6.45, 7) is 0. The average Bonchev–Trinajstić information content (AvgIpc) is 3.30. The van der Waals surface area contributed by atoms with Crippen LogP contribution in [0.2, 0.25) is 0 Å². The number of rotatable bonds is 6. The molecule has 0 saturated heterocycles. The first kappa shape index (κ1) is 17.4. The molecular formula is C20H15N3O2S2. The Labute approximate surface area is 164 Å². The number of hydrogen-bond donors (Lipinski definition) is 2. The van der Waals surface area contributed by atoms with Crippen LogP contribution < -0.4 is 5.32 Å². The van der Waals surface area contributed by atoms with E-state index in [1.54, 1.807) is 0 Å². The molecule has 4 aromatic rings. The Kier molecular flexibility index (Phi) is 4.95. The van der Waals surface area contributed by atoms with Gasteiger partial charge in [0.15, 0.2) is 10.3 Å². The normalized spacial score (nSPS) is 10.7. The van der Waals surface area contributed by atoms with E-state index in [9.17, 15) is 9.90 Å². The molecule has 0 aliphatic carbocycles. The molecule has 2 aromatic heterocycles. The predicted octanol–water partition coefficient (Wildman–Crippen LogP) is 5.30. The number of carboxylic acids is 1. The Balaban J connectivity index is 1.62. The molecule has 2 heterocycles. The molecule has 0 atom stereocenters. The number of aliphatic carboxylic acids is 1. The number of nitrogens with one attached hydrogen (secondary N) is 1. The number of benzene rings is 2. The number of nitrogens with zero attached hydrogens (tertiary/aromatic N) is 2. The molecule has 27 heavy (non-hydrogen) atoms. The molecule has 134 valence electrons. The zero-order valence-corrected chi connectivity index (χ0v) is 15.8. The van der Waals surface area contributed by atoms with Crippen molar-refractivity contribution in [2.24, 2.45) is 0 Å². The lowest BCUT2D eigenvalue weighted by atomic mass is 10.1. The van der Waals surface area contributed by atoms with Crippen molar-refractivity contribution < 1.29 is 9.90 Å². The van der Waals surface area contributed by atoms with Crippen LogP contribution in [0.25, 0.3) is 22.5 Å². The molecule has 0 fully saturated rings. The van der Waals surface area contributed by atoms with E-state index < -0.39 is 5.97 Å². The Morgan fingerprint density at radius 2 is 1.59 bits per heavy atom. The Morgan fingerprint density at radius 3 is 2.26 bits per heavy atom. The molecule has 0 bridgehead atoms. The molecule has 0 unspecified atom stereocenters. The van der Waals surface area contributed by atoms with Crippen molar-refractivity contribution in [2.45, 2.75) is 6.42 Å². The van der Waals surface area contributed by atoms with Crippen LogP contribution in [-0.2, 0) is 11.2 Å². The zero-order chi connectivity index (χ0) is 18.6. The predicted molar refractivity (Wildman–Crippen MR) is 110 cm³/mol. The van der Waals surface area contributed by atoms with E-state index in [1.165, 1.54) is 22.7 Å². The van der Waals surface area contributed by atoms with Gasteiger partial charge in [0, 0.05) is 21.4 Å². The fourth-order valence-electron chi connectivity index (χ4n) is 2.65. The largest absolute Gasteiger partial charge is 0.481 e. The van der Waals surface area contributed by atoms with Gasteiger partial charge in [-0.3, -0.25) is 4.79 Å². The van der Waals surface area contributed by atoms with Gasteiger partial charge in [0.05, 0.1) is 17.8 Å². The molecule has 5 nitrogen and oxygen atoms in total. The standard InChI is InChI=1S/C20H15N3O2S2/c24-17(25)11-16-18(14-9-5-2-6-10-14)22-20(27-16)23-19-21-15(12-26-19)13-7-3-1-4-8-13/h1-10,12H,11H2,(H,24,25)(H,21,22,23). The second-order valence-electron chi connectivity index (χ2n) is 5.76. The molecule has 4 rings (SSSR count). The number of thiazole rings is 2. The van der Waals surface area contributed by atoms with E-state index in [-0.39, 0.29) is 6.42 Å². The Hall–Kier alpha value is -3.03. The van der Waals surface area contributed by atoms with Gasteiger partial charge in [-0.15, -0.1) is 22.7 Å². The smallest absolute Gasteiger partial charge is 0.308 e. The highest BCUT2D eigenvalue weighted by Gasteiger charge is 2.16. The molecular weight excluding hydrogens is 378 g/mol. The van der Waals surface area contributed by atoms with E-state index in [4.69, 9.17) is 0 Å². The summed E-state index contributed by atoms with van der Waals surface area (Å²) in [6.07, 6.45) is -0.0588. The van der Waals surface area contributed by atoms with Gasteiger partial charge in [-0.05, 0) is 0 Å². The molecule has 2 aromatic carbocycles. The lowest BCUT2D eigenvalue weighted by molar-refractivity contribution is -0.136. The minimum atomic E-state index is -0.872. The van der Waals surface area contributed by atoms with Crippen molar-refractivity contribution in [3.8, 4) is 22.5 Å². The highest BCUT2D eigenvalue weighted by atomic mass is 32.1. The van der Waals surface area contributed by atoms with Gasteiger partial charge in [0.1, 0.15) is 0 Å². The first-order valence-electron chi connectivity index (χ1n) is 8.24. The van der Waals surface area contributed by atoms with Gasteiger partial charge in [-0.1, -0.05) is 60.7 Å². The lowest BCUT2D eigenvalue weighted by Gasteiger charge is -1.99. The van der Waals surface area contributed by atoms with Gasteiger partial charge in [0.2, 0.25) is 0 Å². The first-order chi connectivity index (χ1) is 13.2. The number of hydrogen-bond acceptors (Lipinski definition) is 6. The van der Waals surface area contributed by atoms with Crippen LogP contribution in [0.5, 0.6) is 0 Å². The van der Waals surface area contributed by atoms with Crippen molar-refractivity contribution in [1.29, 1.82) is 0 Å². The summed E-state index contributed by atoms with van der Waals surface area (Å²) in [7, 11) is 0. The second-order valence-corrected chi connectivity index (χ2v) is 7.70. The SMILES string of the molecule is O=C(O)Cc1sc(Nc2nc(-c3ccccc3)cs2)nc1-c1ccccc1. The fourth-order valence-corrected chi connectivity index (χ4v) is 4.41. The molecule has 0 aliphatic rings. The number of carbonyl (C=O) groups is 1. The minimum Gasteiger partial charge on any atom is -0.481 e. The molecule has 0 spiro atoms. The Bertz CT molecular complexity index is 1060. The fraction of sp³-hybridized carbons (Fsp3) is 0.0500. The van der Waals surface area contributed by atoms with Gasteiger partial charge < -0.3 is 10.4 Å². The monoisotopic (exact) mass is 393 g/mol. The quantitative estimate of drug-likeness (QED) is 0.465. The van der Waals surface area contributed by atoms with E-state index in [1.807, 2.05) is 66.0 Å². The Morgan fingerprint density at radius 1 is 0.926 bits per heavy atom. The summed E-state index contributed by atoms with van der Waals surface area (Å²) in [6, 6.07) is 19.6. The lowest BCUT2D eigenvalue weighted by Crippen LogP contribution is -1.99. The average molecular weight is 393 g/mol. The molecule has 2 N–H and O–H groups in total. The van der Waals surface area contributed by atoms with Crippen molar-refractivity contribution in [3.63, 3.8) is 0 Å². The van der Waals surface area contributed by atoms with Crippen LogP contribution in [0.4, 0.5) is 10.3 Å².